The van der Waals surface area contributed by atoms with Gasteiger partial charge in [-0.05, 0) is 23.5 Å². The van der Waals surface area contributed by atoms with Crippen LogP contribution in [0.15, 0.2) is 22.8 Å². The summed E-state index contributed by atoms with van der Waals surface area (Å²) in [5.41, 5.74) is 0.990. The van der Waals surface area contributed by atoms with E-state index in [-0.39, 0.29) is 22.9 Å². The van der Waals surface area contributed by atoms with Gasteiger partial charge in [-0.1, -0.05) is 0 Å². The van der Waals surface area contributed by atoms with Crippen LogP contribution in [0.4, 0.5) is 10.5 Å². The third kappa shape index (κ3) is 2.92. The highest BCUT2D eigenvalue weighted by molar-refractivity contribution is 5.87. The predicted molar refractivity (Wildman–Crippen MR) is 73.8 cm³/mol. The summed E-state index contributed by atoms with van der Waals surface area (Å²) < 4.78 is 9.45. The van der Waals surface area contributed by atoms with Gasteiger partial charge in [-0.3, -0.25) is 14.7 Å². The molecule has 0 unspecified atom stereocenters. The molecule has 2 aromatic rings. The molecule has 0 radical (unpaired) electrons. The molecule has 1 aromatic carbocycles. The van der Waals surface area contributed by atoms with Crippen molar-refractivity contribution in [3.63, 3.8) is 0 Å². The first-order valence-corrected chi connectivity index (χ1v) is 6.84. The molecule has 1 aliphatic rings. The molecule has 9 heteroatoms. The molecule has 3 rings (SSSR count). The Bertz CT molecular complexity index is 714. The fourth-order valence-corrected chi connectivity index (χ4v) is 2.29. The Hall–Kier alpha value is -2.84. The lowest BCUT2D eigenvalue weighted by atomic mass is 10.3. The van der Waals surface area contributed by atoms with Gasteiger partial charge >= 0.3 is 6.09 Å². The van der Waals surface area contributed by atoms with E-state index < -0.39 is 6.09 Å². The number of benzene rings is 1. The Balaban J connectivity index is 1.52. The molecule has 0 aliphatic carbocycles. The number of carbonyl (C=O) groups is 2. The first-order valence-electron chi connectivity index (χ1n) is 6.84. The normalized spacial score (nSPS) is 14.5. The average molecular weight is 306 g/mol. The number of fused-ring (bicyclic) bond motifs is 1. The highest BCUT2D eigenvalue weighted by Crippen LogP contribution is 2.15. The largest absolute Gasteiger partial charge is 0.447 e. The number of nitrogens with zero attached hydrogens (tertiary/aromatic N) is 3. The topological polar surface area (TPSA) is 112 Å². The van der Waals surface area contributed by atoms with E-state index in [4.69, 9.17) is 4.74 Å². The monoisotopic (exact) mass is 306 g/mol. The number of amides is 2. The summed E-state index contributed by atoms with van der Waals surface area (Å²) in [6.07, 6.45) is 0.749. The van der Waals surface area contributed by atoms with Crippen molar-refractivity contribution >= 4 is 28.7 Å². The van der Waals surface area contributed by atoms with Crippen LogP contribution in [-0.4, -0.2) is 41.8 Å². The lowest BCUT2D eigenvalue weighted by Gasteiger charge is -2.15. The number of carbonyl (C=O) groups excluding carboxylic acids is 2. The maximum Gasteiger partial charge on any atom is 0.411 e. The molecular formula is C13H14N4O5. The first kappa shape index (κ1) is 14.1. The Labute approximate surface area is 125 Å². The van der Waals surface area contributed by atoms with Crippen molar-refractivity contribution in [2.24, 2.45) is 0 Å². The van der Waals surface area contributed by atoms with Gasteiger partial charge in [0.25, 0.3) is 0 Å². The van der Waals surface area contributed by atoms with Crippen LogP contribution in [0.5, 0.6) is 0 Å². The maximum absolute atomic E-state index is 11.7. The minimum Gasteiger partial charge on any atom is -0.447 e. The van der Waals surface area contributed by atoms with Crippen molar-refractivity contribution < 1.29 is 23.9 Å². The van der Waals surface area contributed by atoms with E-state index in [1.807, 2.05) is 0 Å². The van der Waals surface area contributed by atoms with Gasteiger partial charge in [0.2, 0.25) is 16.9 Å². The molecule has 9 nitrogen and oxygen atoms in total. The number of anilines is 1. The molecule has 0 atom stereocenters. The number of hydrogen-bond donors (Lipinski definition) is 1. The van der Waals surface area contributed by atoms with Gasteiger partial charge in [0.1, 0.15) is 6.61 Å². The SMILES string of the molecule is O=C(Nc1ccc2no[n+]([O-])c2c1)OCCN1CCCC1=O. The Morgan fingerprint density at radius 2 is 2.41 bits per heavy atom. The van der Waals surface area contributed by atoms with E-state index in [1.54, 1.807) is 17.0 Å². The van der Waals surface area contributed by atoms with Crippen LogP contribution in [-0.2, 0) is 9.53 Å². The minimum atomic E-state index is -0.653. The van der Waals surface area contributed by atoms with Crippen molar-refractivity contribution in [1.82, 2.24) is 10.1 Å². The van der Waals surface area contributed by atoms with E-state index in [0.29, 0.717) is 30.7 Å². The smallest absolute Gasteiger partial charge is 0.411 e. The van der Waals surface area contributed by atoms with Crippen molar-refractivity contribution in [3.8, 4) is 0 Å². The standard InChI is InChI=1S/C13H14N4O5/c18-12-2-1-5-16(12)6-7-21-13(19)14-9-3-4-10-11(8-9)17(20)22-15-10/h3-4,8H,1-2,5-7H2,(H,14,19). The maximum atomic E-state index is 11.7. The minimum absolute atomic E-state index is 0.0851. The highest BCUT2D eigenvalue weighted by atomic mass is 16.8. The second kappa shape index (κ2) is 5.88. The molecule has 1 aliphatic heterocycles. The fraction of sp³-hybridized carbons (Fsp3) is 0.385. The van der Waals surface area contributed by atoms with Crippen LogP contribution in [0.3, 0.4) is 0 Å². The number of hydrogen-bond acceptors (Lipinski definition) is 6. The van der Waals surface area contributed by atoms with E-state index in [2.05, 4.69) is 15.1 Å². The lowest BCUT2D eigenvalue weighted by Crippen LogP contribution is -2.30. The van der Waals surface area contributed by atoms with Crippen molar-refractivity contribution in [3.05, 3.63) is 23.4 Å². The van der Waals surface area contributed by atoms with Gasteiger partial charge in [-0.2, -0.15) is 0 Å². The molecule has 116 valence electrons. The molecular weight excluding hydrogens is 292 g/mol. The zero-order valence-corrected chi connectivity index (χ0v) is 11.7. The van der Waals surface area contributed by atoms with Crippen LogP contribution in [0.1, 0.15) is 12.8 Å². The summed E-state index contributed by atoms with van der Waals surface area (Å²) in [5, 5.41) is 17.3. The van der Waals surface area contributed by atoms with Crippen LogP contribution < -0.4 is 10.2 Å². The summed E-state index contributed by atoms with van der Waals surface area (Å²) in [5.74, 6) is 0.0851. The second-order valence-electron chi connectivity index (χ2n) is 4.88. The van der Waals surface area contributed by atoms with Crippen LogP contribution in [0.2, 0.25) is 0 Å². The molecule has 0 saturated carbocycles. The molecule has 1 aromatic heterocycles. The summed E-state index contributed by atoms with van der Waals surface area (Å²) in [7, 11) is 0. The molecule has 22 heavy (non-hydrogen) atoms. The first-order chi connectivity index (χ1) is 10.6. The molecule has 0 spiro atoms. The second-order valence-corrected chi connectivity index (χ2v) is 4.88. The molecule has 2 amide bonds. The van der Waals surface area contributed by atoms with Gasteiger partial charge in [-0.25, -0.2) is 4.79 Å². The van der Waals surface area contributed by atoms with E-state index in [1.165, 1.54) is 6.07 Å². The van der Waals surface area contributed by atoms with Crippen molar-refractivity contribution in [2.45, 2.75) is 12.8 Å². The van der Waals surface area contributed by atoms with Gasteiger partial charge < -0.3 is 14.8 Å². The zero-order valence-electron chi connectivity index (χ0n) is 11.7. The van der Waals surface area contributed by atoms with Gasteiger partial charge in [0.05, 0.1) is 6.54 Å². The van der Waals surface area contributed by atoms with Crippen LogP contribution in [0.25, 0.3) is 11.0 Å². The van der Waals surface area contributed by atoms with Gasteiger partial charge in [-0.15, -0.1) is 0 Å². The average Bonchev–Trinajstić information content (AvgIpc) is 3.06. The number of rotatable bonds is 4. The van der Waals surface area contributed by atoms with Crippen LogP contribution >= 0.6 is 0 Å². The molecule has 1 saturated heterocycles. The fourth-order valence-electron chi connectivity index (χ4n) is 2.29. The van der Waals surface area contributed by atoms with Gasteiger partial charge in [0, 0.05) is 29.9 Å². The zero-order chi connectivity index (χ0) is 15.5. The molecule has 2 heterocycles. The summed E-state index contributed by atoms with van der Waals surface area (Å²) in [4.78, 5) is 25.0. The number of ether oxygens (including phenoxy) is 1. The predicted octanol–water partition coefficient (Wildman–Crippen LogP) is 0.632. The molecule has 1 fully saturated rings. The number of nitrogens with one attached hydrogen (secondary N) is 1. The Morgan fingerprint density at radius 1 is 1.55 bits per heavy atom. The third-order valence-corrected chi connectivity index (χ3v) is 3.40. The summed E-state index contributed by atoms with van der Waals surface area (Å²) >= 11 is 0. The number of likely N-dealkylation sites (tertiary alicyclic amines) is 1. The van der Waals surface area contributed by atoms with Crippen molar-refractivity contribution in [2.75, 3.05) is 25.0 Å². The summed E-state index contributed by atoms with van der Waals surface area (Å²) in [6.45, 7) is 1.21. The van der Waals surface area contributed by atoms with Gasteiger partial charge in [0.15, 0.2) is 0 Å². The highest BCUT2D eigenvalue weighted by Gasteiger charge is 2.20. The molecule has 0 bridgehead atoms. The van der Waals surface area contributed by atoms with E-state index in [0.717, 1.165) is 6.42 Å². The Kier molecular flexibility index (Phi) is 3.77. The Morgan fingerprint density at radius 3 is 3.18 bits per heavy atom. The lowest BCUT2D eigenvalue weighted by molar-refractivity contribution is -0.782. The van der Waals surface area contributed by atoms with E-state index >= 15 is 0 Å². The molecule has 1 N–H and O–H groups in total. The summed E-state index contributed by atoms with van der Waals surface area (Å²) in [6, 6.07) is 4.56. The quantitative estimate of drug-likeness (QED) is 0.829. The number of aromatic nitrogens is 2. The third-order valence-electron chi connectivity index (χ3n) is 3.40. The van der Waals surface area contributed by atoms with Crippen LogP contribution in [0, 0.1) is 5.21 Å². The van der Waals surface area contributed by atoms with Crippen molar-refractivity contribution in [1.29, 1.82) is 0 Å². The van der Waals surface area contributed by atoms with E-state index in [9.17, 15) is 14.8 Å².